The molecule has 36 heavy (non-hydrogen) atoms. The number of primary amides is 1. The summed E-state index contributed by atoms with van der Waals surface area (Å²) in [6.45, 7) is 1.44. The van der Waals surface area contributed by atoms with E-state index in [9.17, 15) is 28.0 Å². The lowest BCUT2D eigenvalue weighted by Crippen LogP contribution is -2.55. The van der Waals surface area contributed by atoms with Gasteiger partial charge in [-0.3, -0.25) is 15.2 Å². The van der Waals surface area contributed by atoms with Crippen LogP contribution in [0.3, 0.4) is 0 Å². The second kappa shape index (κ2) is 10.4. The Labute approximate surface area is 213 Å². The minimum absolute atomic E-state index is 0.0860. The maximum absolute atomic E-state index is 13.4. The van der Waals surface area contributed by atoms with Crippen LogP contribution < -0.4 is 10.6 Å². The first-order valence-electron chi connectivity index (χ1n) is 10.5. The van der Waals surface area contributed by atoms with Crippen molar-refractivity contribution in [2.75, 3.05) is 17.3 Å². The summed E-state index contributed by atoms with van der Waals surface area (Å²) in [6, 6.07) is 8.52. The van der Waals surface area contributed by atoms with E-state index in [1.165, 1.54) is 19.1 Å². The van der Waals surface area contributed by atoms with Gasteiger partial charge in [0.25, 0.3) is 0 Å². The fraction of sp³-hybridized carbons (Fsp3) is 0.250. The van der Waals surface area contributed by atoms with Gasteiger partial charge in [0.2, 0.25) is 5.96 Å². The van der Waals surface area contributed by atoms with Gasteiger partial charge < -0.3 is 10.5 Å². The number of amides is 2. The first kappa shape index (κ1) is 26.7. The number of esters is 1. The summed E-state index contributed by atoms with van der Waals surface area (Å²) in [5, 5.41) is 18.6. The summed E-state index contributed by atoms with van der Waals surface area (Å²) < 4.78 is 45.1. The van der Waals surface area contributed by atoms with E-state index in [1.54, 1.807) is 12.1 Å². The van der Waals surface area contributed by atoms with Gasteiger partial charge >= 0.3 is 18.2 Å². The zero-order valence-corrected chi connectivity index (χ0v) is 20.8. The molecule has 0 fully saturated rings. The van der Waals surface area contributed by atoms with Crippen LogP contribution >= 0.6 is 15.9 Å². The number of urea groups is 1. The molecule has 2 aromatic carbocycles. The fourth-order valence-corrected chi connectivity index (χ4v) is 4.56. The van der Waals surface area contributed by atoms with Crippen LogP contribution in [0.5, 0.6) is 0 Å². The standard InChI is InChI=1S/C24H21BrF3N5O3/c1-13-19(21(34)36-2)20(18-7-6-14(12-29)10-15(18)8-9-25)33(23(31)35)22(30)32(13)17-5-3-4-16(11-17)24(26,27)28/h3-7,10-11,20,30H,8-9H2,1-2H3,(H2,31,35)/t20-/m1/s1. The van der Waals surface area contributed by atoms with Gasteiger partial charge in [-0.15, -0.1) is 0 Å². The average molecular weight is 564 g/mol. The second-order valence-corrected chi connectivity index (χ2v) is 8.57. The molecule has 3 rings (SSSR count). The molecule has 0 radical (unpaired) electrons. The number of rotatable bonds is 5. The van der Waals surface area contributed by atoms with E-state index in [0.717, 1.165) is 35.1 Å². The quantitative estimate of drug-likeness (QED) is 0.398. The van der Waals surface area contributed by atoms with E-state index in [4.69, 9.17) is 15.9 Å². The van der Waals surface area contributed by atoms with Gasteiger partial charge in [-0.25, -0.2) is 9.59 Å². The van der Waals surface area contributed by atoms with Crippen molar-refractivity contribution in [2.45, 2.75) is 25.6 Å². The largest absolute Gasteiger partial charge is 0.466 e. The zero-order valence-electron chi connectivity index (χ0n) is 19.2. The van der Waals surface area contributed by atoms with Crippen LogP contribution in [0.2, 0.25) is 0 Å². The first-order chi connectivity index (χ1) is 17.0. The molecule has 0 saturated carbocycles. The molecule has 2 aromatic rings. The number of alkyl halides is 4. The number of nitriles is 1. The minimum Gasteiger partial charge on any atom is -0.466 e. The molecule has 3 N–H and O–H groups in total. The molecule has 12 heteroatoms. The Morgan fingerprint density at radius 3 is 2.50 bits per heavy atom. The highest BCUT2D eigenvalue weighted by molar-refractivity contribution is 9.09. The van der Waals surface area contributed by atoms with E-state index in [1.807, 2.05) is 6.07 Å². The topological polar surface area (TPSA) is 124 Å². The number of aryl methyl sites for hydroxylation is 1. The normalized spacial score (nSPS) is 16.1. The molecule has 0 aliphatic carbocycles. The van der Waals surface area contributed by atoms with Gasteiger partial charge in [-0.05, 0) is 54.8 Å². The molecular weight excluding hydrogens is 543 g/mol. The van der Waals surface area contributed by atoms with Crippen LogP contribution in [0, 0.1) is 16.7 Å². The highest BCUT2D eigenvalue weighted by atomic mass is 79.9. The highest BCUT2D eigenvalue weighted by Crippen LogP contribution is 2.42. The van der Waals surface area contributed by atoms with Gasteiger partial charge in [0, 0.05) is 16.7 Å². The third kappa shape index (κ3) is 4.92. The lowest BCUT2D eigenvalue weighted by atomic mass is 9.88. The number of anilines is 1. The van der Waals surface area contributed by atoms with Gasteiger partial charge in [-0.2, -0.15) is 18.4 Å². The number of nitrogens with zero attached hydrogens (tertiary/aromatic N) is 3. The van der Waals surface area contributed by atoms with Gasteiger partial charge in [0.05, 0.1) is 29.9 Å². The second-order valence-electron chi connectivity index (χ2n) is 7.77. The molecule has 188 valence electrons. The molecule has 0 unspecified atom stereocenters. The number of allylic oxidation sites excluding steroid dienone is 1. The Hall–Kier alpha value is -3.85. The third-order valence-corrected chi connectivity index (χ3v) is 6.10. The van der Waals surface area contributed by atoms with E-state index in [-0.39, 0.29) is 17.0 Å². The van der Waals surface area contributed by atoms with Crippen molar-refractivity contribution in [1.82, 2.24) is 4.90 Å². The number of benzene rings is 2. The number of halogens is 4. The predicted octanol–water partition coefficient (Wildman–Crippen LogP) is 4.84. The molecule has 1 aliphatic rings. The zero-order chi connectivity index (χ0) is 26.8. The molecule has 0 bridgehead atoms. The van der Waals surface area contributed by atoms with Crippen molar-refractivity contribution in [3.8, 4) is 6.07 Å². The predicted molar refractivity (Wildman–Crippen MR) is 129 cm³/mol. The number of methoxy groups -OCH3 is 1. The van der Waals surface area contributed by atoms with Gasteiger partial charge in [0.15, 0.2) is 0 Å². The van der Waals surface area contributed by atoms with Crippen molar-refractivity contribution in [3.63, 3.8) is 0 Å². The molecule has 1 aliphatic heterocycles. The van der Waals surface area contributed by atoms with Crippen LogP contribution in [0.15, 0.2) is 53.7 Å². The number of guanidine groups is 1. The number of carbonyl (C=O) groups is 2. The number of hydrogen-bond acceptors (Lipinski definition) is 5. The van der Waals surface area contributed by atoms with E-state index in [0.29, 0.717) is 28.4 Å². The molecular formula is C24H21BrF3N5O3. The van der Waals surface area contributed by atoms with Crippen LogP contribution in [0.25, 0.3) is 0 Å². The van der Waals surface area contributed by atoms with Crippen molar-refractivity contribution < 1.29 is 27.5 Å². The molecule has 2 amide bonds. The lowest BCUT2D eigenvalue weighted by molar-refractivity contribution is -0.138. The Balaban J connectivity index is 2.35. The summed E-state index contributed by atoms with van der Waals surface area (Å²) in [5.41, 5.74) is 5.95. The Morgan fingerprint density at radius 2 is 1.94 bits per heavy atom. The Kier molecular flexibility index (Phi) is 7.74. The SMILES string of the molecule is COC(=O)C1=C(C)N(c2cccc(C(F)(F)F)c2)C(=N)N(C(N)=O)[C@@H]1c1ccc(C#N)cc1CCBr. The molecule has 0 saturated heterocycles. The Morgan fingerprint density at radius 1 is 1.25 bits per heavy atom. The van der Waals surface area contributed by atoms with Gasteiger partial charge in [0.1, 0.15) is 6.04 Å². The maximum atomic E-state index is 13.4. The lowest BCUT2D eigenvalue weighted by Gasteiger charge is -2.43. The third-order valence-electron chi connectivity index (χ3n) is 5.70. The summed E-state index contributed by atoms with van der Waals surface area (Å²) in [4.78, 5) is 27.6. The van der Waals surface area contributed by atoms with Crippen molar-refractivity contribution in [1.29, 1.82) is 10.7 Å². The molecule has 1 heterocycles. The highest BCUT2D eigenvalue weighted by Gasteiger charge is 2.44. The number of nitrogens with one attached hydrogen (secondary N) is 1. The molecule has 8 nitrogen and oxygen atoms in total. The van der Waals surface area contributed by atoms with Crippen LogP contribution in [0.4, 0.5) is 23.7 Å². The van der Waals surface area contributed by atoms with Crippen LogP contribution in [-0.4, -0.2) is 35.3 Å². The fourth-order valence-electron chi connectivity index (χ4n) is 4.13. The summed E-state index contributed by atoms with van der Waals surface area (Å²) in [6.07, 6.45) is -4.25. The number of hydrogen-bond donors (Lipinski definition) is 2. The number of carbonyl (C=O) groups excluding carboxylic acids is 2. The summed E-state index contributed by atoms with van der Waals surface area (Å²) in [7, 11) is 1.13. The van der Waals surface area contributed by atoms with Gasteiger partial charge in [-0.1, -0.05) is 28.1 Å². The van der Waals surface area contributed by atoms with Crippen LogP contribution in [0.1, 0.15) is 35.2 Å². The number of ether oxygens (including phenoxy) is 1. The van der Waals surface area contributed by atoms with Crippen molar-refractivity contribution >= 4 is 39.6 Å². The molecule has 0 aromatic heterocycles. The summed E-state index contributed by atoms with van der Waals surface area (Å²) in [5.74, 6) is -1.41. The average Bonchev–Trinajstić information content (AvgIpc) is 2.83. The molecule has 1 atom stereocenters. The first-order valence-corrected chi connectivity index (χ1v) is 11.6. The van der Waals surface area contributed by atoms with Crippen molar-refractivity contribution in [2.24, 2.45) is 5.73 Å². The van der Waals surface area contributed by atoms with E-state index >= 15 is 0 Å². The summed E-state index contributed by atoms with van der Waals surface area (Å²) >= 11 is 3.34. The molecule has 0 spiro atoms. The van der Waals surface area contributed by atoms with E-state index in [2.05, 4.69) is 15.9 Å². The van der Waals surface area contributed by atoms with E-state index < -0.39 is 35.7 Å². The number of nitrogens with two attached hydrogens (primary N) is 1. The maximum Gasteiger partial charge on any atom is 0.416 e. The minimum atomic E-state index is -4.66. The van der Waals surface area contributed by atoms with Crippen LogP contribution in [-0.2, 0) is 22.1 Å². The van der Waals surface area contributed by atoms with Crippen molar-refractivity contribution in [3.05, 3.63) is 76.0 Å². The Bertz CT molecular complexity index is 1300. The monoisotopic (exact) mass is 563 g/mol. The smallest absolute Gasteiger partial charge is 0.416 e.